The molecular weight excluding hydrogens is 302 g/mol. The van der Waals surface area contributed by atoms with E-state index in [4.69, 9.17) is 0 Å². The van der Waals surface area contributed by atoms with Crippen LogP contribution in [0.25, 0.3) is 0 Å². The number of halogens is 5. The van der Waals surface area contributed by atoms with Crippen LogP contribution in [0.15, 0.2) is 18.2 Å². The zero-order valence-electron chi connectivity index (χ0n) is 9.19. The van der Waals surface area contributed by atoms with Crippen molar-refractivity contribution < 1.29 is 17.6 Å². The van der Waals surface area contributed by atoms with Gasteiger partial charge in [-0.15, -0.1) is 0 Å². The van der Waals surface area contributed by atoms with Gasteiger partial charge in [0, 0.05) is 18.4 Å². The minimum Gasteiger partial charge on any atom is -0.369 e. The fraction of sp³-hybridized carbons (Fsp3) is 0.455. The summed E-state index contributed by atoms with van der Waals surface area (Å²) in [7, 11) is 0. The average molecular weight is 314 g/mol. The standard InChI is InChI=1S/C11H12BrF4N/c1-2-17(6-5-12)10-4-3-8(7-9(10)13)11(14,15)16/h3-4,7H,2,5-6H2,1H3. The van der Waals surface area contributed by atoms with Gasteiger partial charge in [0.15, 0.2) is 0 Å². The summed E-state index contributed by atoms with van der Waals surface area (Å²) in [5, 5.41) is 0.626. The minimum absolute atomic E-state index is 0.194. The lowest BCUT2D eigenvalue weighted by atomic mass is 10.1. The first-order valence-electron chi connectivity index (χ1n) is 5.07. The second kappa shape index (κ2) is 5.71. The van der Waals surface area contributed by atoms with Gasteiger partial charge in [0.05, 0.1) is 11.3 Å². The number of hydrogen-bond acceptors (Lipinski definition) is 1. The molecule has 17 heavy (non-hydrogen) atoms. The lowest BCUT2D eigenvalue weighted by Gasteiger charge is -2.23. The fourth-order valence-corrected chi connectivity index (χ4v) is 1.92. The predicted molar refractivity (Wildman–Crippen MR) is 63.1 cm³/mol. The topological polar surface area (TPSA) is 3.24 Å². The lowest BCUT2D eigenvalue weighted by Crippen LogP contribution is -2.26. The molecule has 0 aliphatic heterocycles. The molecule has 0 unspecified atom stereocenters. The molecule has 1 rings (SSSR count). The third-order valence-corrected chi connectivity index (χ3v) is 2.71. The predicted octanol–water partition coefficient (Wildman–Crippen LogP) is 4.07. The number of nitrogens with zero attached hydrogens (tertiary/aromatic N) is 1. The van der Waals surface area contributed by atoms with Crippen molar-refractivity contribution in [3.8, 4) is 0 Å². The van der Waals surface area contributed by atoms with E-state index in [0.717, 1.165) is 6.07 Å². The molecule has 0 amide bonds. The Labute approximate surface area is 106 Å². The summed E-state index contributed by atoms with van der Waals surface area (Å²) in [4.78, 5) is 1.67. The summed E-state index contributed by atoms with van der Waals surface area (Å²) < 4.78 is 50.6. The third-order valence-electron chi connectivity index (χ3n) is 2.35. The minimum atomic E-state index is -4.51. The molecule has 0 radical (unpaired) electrons. The van der Waals surface area contributed by atoms with Crippen LogP contribution in [0, 0.1) is 5.82 Å². The zero-order chi connectivity index (χ0) is 13.1. The molecule has 0 spiro atoms. The molecule has 0 aliphatic carbocycles. The maximum atomic E-state index is 13.6. The molecule has 96 valence electrons. The average Bonchev–Trinajstić information content (AvgIpc) is 2.25. The molecule has 0 fully saturated rings. The number of anilines is 1. The van der Waals surface area contributed by atoms with E-state index >= 15 is 0 Å². The Balaban J connectivity index is 3.04. The Morgan fingerprint density at radius 2 is 1.94 bits per heavy atom. The fourth-order valence-electron chi connectivity index (χ4n) is 1.49. The first-order valence-corrected chi connectivity index (χ1v) is 6.20. The van der Waals surface area contributed by atoms with Crippen molar-refractivity contribution in [2.45, 2.75) is 13.1 Å². The normalized spacial score (nSPS) is 11.6. The smallest absolute Gasteiger partial charge is 0.369 e. The zero-order valence-corrected chi connectivity index (χ0v) is 10.8. The first-order chi connectivity index (χ1) is 7.90. The van der Waals surface area contributed by atoms with Gasteiger partial charge in [-0.3, -0.25) is 0 Å². The number of hydrogen-bond donors (Lipinski definition) is 0. The van der Waals surface area contributed by atoms with Crippen LogP contribution >= 0.6 is 15.9 Å². The highest BCUT2D eigenvalue weighted by molar-refractivity contribution is 9.09. The van der Waals surface area contributed by atoms with Gasteiger partial charge in [-0.1, -0.05) is 15.9 Å². The highest BCUT2D eigenvalue weighted by Gasteiger charge is 2.31. The summed E-state index contributed by atoms with van der Waals surface area (Å²) in [6.45, 7) is 2.90. The molecule has 6 heteroatoms. The van der Waals surface area contributed by atoms with Crippen molar-refractivity contribution in [1.29, 1.82) is 0 Å². The van der Waals surface area contributed by atoms with E-state index in [1.54, 1.807) is 4.90 Å². The van der Waals surface area contributed by atoms with Crippen molar-refractivity contribution >= 4 is 21.6 Å². The van der Waals surface area contributed by atoms with Gasteiger partial charge in [0.1, 0.15) is 5.82 Å². The van der Waals surface area contributed by atoms with Gasteiger partial charge in [-0.25, -0.2) is 4.39 Å². The van der Waals surface area contributed by atoms with Crippen LogP contribution in [-0.2, 0) is 6.18 Å². The molecule has 1 aromatic carbocycles. The summed E-state index contributed by atoms with van der Waals surface area (Å²) in [6, 6.07) is 2.60. The third kappa shape index (κ3) is 3.59. The van der Waals surface area contributed by atoms with Crippen molar-refractivity contribution in [1.82, 2.24) is 0 Å². The van der Waals surface area contributed by atoms with E-state index in [2.05, 4.69) is 15.9 Å². The molecular formula is C11H12BrF4N. The van der Waals surface area contributed by atoms with E-state index in [0.29, 0.717) is 24.5 Å². The van der Waals surface area contributed by atoms with Gasteiger partial charge in [-0.2, -0.15) is 13.2 Å². The Bertz CT molecular complexity index is 378. The van der Waals surface area contributed by atoms with Crippen LogP contribution in [-0.4, -0.2) is 18.4 Å². The SMILES string of the molecule is CCN(CCBr)c1ccc(C(F)(F)F)cc1F. The highest BCUT2D eigenvalue weighted by atomic mass is 79.9. The summed E-state index contributed by atoms with van der Waals surface area (Å²) in [6.07, 6.45) is -4.51. The number of benzene rings is 1. The summed E-state index contributed by atoms with van der Waals surface area (Å²) in [5.41, 5.74) is -0.770. The van der Waals surface area contributed by atoms with E-state index in [1.165, 1.54) is 6.07 Å². The quantitative estimate of drug-likeness (QED) is 0.598. The van der Waals surface area contributed by atoms with Crippen LogP contribution in [0.2, 0.25) is 0 Å². The molecule has 0 heterocycles. The summed E-state index contributed by atoms with van der Waals surface area (Å²) >= 11 is 3.21. The molecule has 0 saturated heterocycles. The second-order valence-electron chi connectivity index (χ2n) is 3.43. The molecule has 0 saturated carbocycles. The summed E-state index contributed by atoms with van der Waals surface area (Å²) in [5.74, 6) is -0.845. The van der Waals surface area contributed by atoms with Crippen molar-refractivity contribution in [3.63, 3.8) is 0 Å². The molecule has 0 aliphatic rings. The largest absolute Gasteiger partial charge is 0.416 e. The van der Waals surface area contributed by atoms with E-state index in [1.807, 2.05) is 6.92 Å². The van der Waals surface area contributed by atoms with E-state index < -0.39 is 17.6 Å². The maximum absolute atomic E-state index is 13.6. The van der Waals surface area contributed by atoms with Crippen LogP contribution in [0.1, 0.15) is 12.5 Å². The monoisotopic (exact) mass is 313 g/mol. The Hall–Kier alpha value is -0.780. The van der Waals surface area contributed by atoms with Crippen LogP contribution in [0.4, 0.5) is 23.2 Å². The molecule has 0 bridgehead atoms. The van der Waals surface area contributed by atoms with Crippen molar-refractivity contribution in [2.24, 2.45) is 0 Å². The van der Waals surface area contributed by atoms with E-state index in [-0.39, 0.29) is 5.69 Å². The van der Waals surface area contributed by atoms with Gasteiger partial charge in [-0.05, 0) is 25.1 Å². The van der Waals surface area contributed by atoms with E-state index in [9.17, 15) is 17.6 Å². The molecule has 1 aromatic rings. The van der Waals surface area contributed by atoms with Gasteiger partial charge < -0.3 is 4.90 Å². The molecule has 0 N–H and O–H groups in total. The van der Waals surface area contributed by atoms with Crippen molar-refractivity contribution in [2.75, 3.05) is 23.3 Å². The first kappa shape index (κ1) is 14.3. The van der Waals surface area contributed by atoms with Crippen LogP contribution < -0.4 is 4.90 Å². The maximum Gasteiger partial charge on any atom is 0.416 e. The van der Waals surface area contributed by atoms with Crippen LogP contribution in [0.5, 0.6) is 0 Å². The number of rotatable bonds is 4. The Morgan fingerprint density at radius 3 is 2.35 bits per heavy atom. The molecule has 1 nitrogen and oxygen atoms in total. The molecule has 0 atom stereocenters. The Kier molecular flexibility index (Phi) is 4.80. The highest BCUT2D eigenvalue weighted by Crippen LogP contribution is 2.32. The van der Waals surface area contributed by atoms with Crippen molar-refractivity contribution in [3.05, 3.63) is 29.6 Å². The number of alkyl halides is 4. The molecule has 0 aromatic heterocycles. The van der Waals surface area contributed by atoms with Gasteiger partial charge in [0.2, 0.25) is 0 Å². The Morgan fingerprint density at radius 1 is 1.29 bits per heavy atom. The second-order valence-corrected chi connectivity index (χ2v) is 4.23. The van der Waals surface area contributed by atoms with Gasteiger partial charge >= 0.3 is 6.18 Å². The van der Waals surface area contributed by atoms with Gasteiger partial charge in [0.25, 0.3) is 0 Å². The van der Waals surface area contributed by atoms with Crippen LogP contribution in [0.3, 0.4) is 0 Å². The lowest BCUT2D eigenvalue weighted by molar-refractivity contribution is -0.137.